The minimum atomic E-state index is 0.468. The summed E-state index contributed by atoms with van der Waals surface area (Å²) in [5.74, 6) is 0. The highest BCUT2D eigenvalue weighted by Gasteiger charge is 2.09. The highest BCUT2D eigenvalue weighted by atomic mass is 15.1. The van der Waals surface area contributed by atoms with Gasteiger partial charge in [0, 0.05) is 6.04 Å². The third-order valence-corrected chi connectivity index (χ3v) is 2.00. The van der Waals surface area contributed by atoms with E-state index in [-0.39, 0.29) is 0 Å². The van der Waals surface area contributed by atoms with E-state index in [0.29, 0.717) is 6.04 Å². The average molecular weight is 128 g/mol. The van der Waals surface area contributed by atoms with Gasteiger partial charge in [-0.25, -0.2) is 0 Å². The van der Waals surface area contributed by atoms with Crippen molar-refractivity contribution in [3.8, 4) is 0 Å². The van der Waals surface area contributed by atoms with Gasteiger partial charge in [0.25, 0.3) is 0 Å². The molecule has 0 radical (unpaired) electrons. The molecule has 1 rings (SSSR count). The van der Waals surface area contributed by atoms with E-state index in [1.54, 1.807) is 0 Å². The SMILES string of the molecule is CN1CCC[C@@H](N)CC1. The molecule has 0 aromatic carbocycles. The van der Waals surface area contributed by atoms with Crippen LogP contribution in [0.1, 0.15) is 19.3 Å². The van der Waals surface area contributed by atoms with Gasteiger partial charge in [-0.3, -0.25) is 0 Å². The van der Waals surface area contributed by atoms with Crippen LogP contribution in [0.4, 0.5) is 0 Å². The van der Waals surface area contributed by atoms with Gasteiger partial charge in [0.2, 0.25) is 0 Å². The molecule has 1 saturated heterocycles. The molecule has 9 heavy (non-hydrogen) atoms. The molecule has 2 nitrogen and oxygen atoms in total. The number of nitrogens with two attached hydrogens (primary N) is 1. The molecule has 54 valence electrons. The Morgan fingerprint density at radius 3 is 2.89 bits per heavy atom. The lowest BCUT2D eigenvalue weighted by Gasteiger charge is -2.11. The van der Waals surface area contributed by atoms with E-state index in [1.165, 1.54) is 32.4 Å². The lowest BCUT2D eigenvalue weighted by Crippen LogP contribution is -2.23. The molecule has 1 atom stereocenters. The Morgan fingerprint density at radius 1 is 1.33 bits per heavy atom. The molecule has 2 N–H and O–H groups in total. The van der Waals surface area contributed by atoms with Crippen LogP contribution in [0.2, 0.25) is 0 Å². The Balaban J connectivity index is 2.25. The molecule has 0 unspecified atom stereocenters. The first kappa shape index (κ1) is 7.03. The van der Waals surface area contributed by atoms with Crippen LogP contribution in [0.15, 0.2) is 0 Å². The van der Waals surface area contributed by atoms with E-state index in [2.05, 4.69) is 11.9 Å². The molecule has 1 aliphatic heterocycles. The Hall–Kier alpha value is -0.0800. The zero-order valence-corrected chi connectivity index (χ0v) is 6.14. The Bertz CT molecular complexity index is 73.0. The molecule has 0 bridgehead atoms. The molecule has 2 heteroatoms. The largest absolute Gasteiger partial charge is 0.328 e. The van der Waals surface area contributed by atoms with Gasteiger partial charge in [-0.2, -0.15) is 0 Å². The Kier molecular flexibility index (Phi) is 2.49. The van der Waals surface area contributed by atoms with E-state index in [0.717, 1.165) is 0 Å². The van der Waals surface area contributed by atoms with Crippen LogP contribution in [0, 0.1) is 0 Å². The third-order valence-electron chi connectivity index (χ3n) is 2.00. The van der Waals surface area contributed by atoms with Gasteiger partial charge in [-0.1, -0.05) is 0 Å². The molecule has 1 aliphatic rings. The van der Waals surface area contributed by atoms with Crippen LogP contribution in [0.25, 0.3) is 0 Å². The number of nitrogens with zero attached hydrogens (tertiary/aromatic N) is 1. The number of hydrogen-bond acceptors (Lipinski definition) is 2. The van der Waals surface area contributed by atoms with Gasteiger partial charge >= 0.3 is 0 Å². The summed E-state index contributed by atoms with van der Waals surface area (Å²) in [6, 6.07) is 0.468. The normalized spacial score (nSPS) is 32.0. The zero-order valence-electron chi connectivity index (χ0n) is 6.14. The van der Waals surface area contributed by atoms with Gasteiger partial charge in [0.15, 0.2) is 0 Å². The van der Waals surface area contributed by atoms with E-state index < -0.39 is 0 Å². The summed E-state index contributed by atoms with van der Waals surface area (Å²) < 4.78 is 0. The van der Waals surface area contributed by atoms with Crippen LogP contribution >= 0.6 is 0 Å². The second-order valence-electron chi connectivity index (χ2n) is 2.99. The standard InChI is InChI=1S/C7H16N2/c1-9-5-2-3-7(8)4-6-9/h7H,2-6,8H2,1H3/t7-/m1/s1. The quantitative estimate of drug-likeness (QED) is 0.512. The molecule has 0 saturated carbocycles. The minimum Gasteiger partial charge on any atom is -0.328 e. The smallest absolute Gasteiger partial charge is 0.00514 e. The first-order chi connectivity index (χ1) is 4.29. The van der Waals surface area contributed by atoms with Crippen molar-refractivity contribution < 1.29 is 0 Å². The van der Waals surface area contributed by atoms with Crippen molar-refractivity contribution in [1.82, 2.24) is 4.90 Å². The maximum Gasteiger partial charge on any atom is 0.00514 e. The highest BCUT2D eigenvalue weighted by molar-refractivity contribution is 4.68. The maximum absolute atomic E-state index is 5.77. The molecule has 0 aromatic heterocycles. The maximum atomic E-state index is 5.77. The summed E-state index contributed by atoms with van der Waals surface area (Å²) in [5.41, 5.74) is 5.77. The summed E-state index contributed by atoms with van der Waals surface area (Å²) in [6.07, 6.45) is 3.67. The van der Waals surface area contributed by atoms with Gasteiger partial charge in [0.1, 0.15) is 0 Å². The lowest BCUT2D eigenvalue weighted by atomic mass is 10.1. The average Bonchev–Trinajstić information content (AvgIpc) is 1.97. The fourth-order valence-corrected chi connectivity index (χ4v) is 1.27. The van der Waals surface area contributed by atoms with Crippen LogP contribution in [0.3, 0.4) is 0 Å². The summed E-state index contributed by atoms with van der Waals surface area (Å²) in [7, 11) is 2.16. The van der Waals surface area contributed by atoms with E-state index in [4.69, 9.17) is 5.73 Å². The van der Waals surface area contributed by atoms with E-state index >= 15 is 0 Å². The van der Waals surface area contributed by atoms with Crippen LogP contribution in [-0.2, 0) is 0 Å². The van der Waals surface area contributed by atoms with Crippen molar-refractivity contribution in [2.45, 2.75) is 25.3 Å². The molecular formula is C7H16N2. The van der Waals surface area contributed by atoms with Crippen LogP contribution < -0.4 is 5.73 Å². The molecule has 0 aliphatic carbocycles. The molecule has 0 aromatic rings. The number of likely N-dealkylation sites (tertiary alicyclic amines) is 1. The summed E-state index contributed by atoms with van der Waals surface area (Å²) in [6.45, 7) is 2.41. The first-order valence-electron chi connectivity index (χ1n) is 3.73. The predicted molar refractivity (Wildman–Crippen MR) is 39.3 cm³/mol. The lowest BCUT2D eigenvalue weighted by molar-refractivity contribution is 0.347. The van der Waals surface area contributed by atoms with Gasteiger partial charge < -0.3 is 10.6 Å². The van der Waals surface area contributed by atoms with Crippen molar-refractivity contribution in [1.29, 1.82) is 0 Å². The van der Waals surface area contributed by atoms with E-state index in [1.807, 2.05) is 0 Å². The first-order valence-corrected chi connectivity index (χ1v) is 3.73. The predicted octanol–water partition coefficient (Wildman–Crippen LogP) is 0.429. The van der Waals surface area contributed by atoms with Crippen molar-refractivity contribution in [3.05, 3.63) is 0 Å². The summed E-state index contributed by atoms with van der Waals surface area (Å²) >= 11 is 0. The number of rotatable bonds is 0. The topological polar surface area (TPSA) is 29.3 Å². The molecule has 1 fully saturated rings. The molecule has 0 spiro atoms. The Morgan fingerprint density at radius 2 is 2.11 bits per heavy atom. The minimum absolute atomic E-state index is 0.468. The fraction of sp³-hybridized carbons (Fsp3) is 1.00. The molecule has 1 heterocycles. The summed E-state index contributed by atoms with van der Waals surface area (Å²) in [5, 5.41) is 0. The van der Waals surface area contributed by atoms with Crippen LogP contribution in [0.5, 0.6) is 0 Å². The third kappa shape index (κ3) is 2.33. The van der Waals surface area contributed by atoms with Crippen molar-refractivity contribution >= 4 is 0 Å². The van der Waals surface area contributed by atoms with Crippen molar-refractivity contribution in [2.75, 3.05) is 20.1 Å². The summed E-state index contributed by atoms with van der Waals surface area (Å²) in [4.78, 5) is 2.35. The monoisotopic (exact) mass is 128 g/mol. The molecular weight excluding hydrogens is 112 g/mol. The van der Waals surface area contributed by atoms with Crippen molar-refractivity contribution in [3.63, 3.8) is 0 Å². The van der Waals surface area contributed by atoms with Crippen LogP contribution in [-0.4, -0.2) is 31.1 Å². The highest BCUT2D eigenvalue weighted by Crippen LogP contribution is 2.06. The van der Waals surface area contributed by atoms with Crippen molar-refractivity contribution in [2.24, 2.45) is 5.73 Å². The van der Waals surface area contributed by atoms with Gasteiger partial charge in [0.05, 0.1) is 0 Å². The van der Waals surface area contributed by atoms with E-state index in [9.17, 15) is 0 Å². The number of hydrogen-bond donors (Lipinski definition) is 1. The van der Waals surface area contributed by atoms with Gasteiger partial charge in [-0.15, -0.1) is 0 Å². The fourth-order valence-electron chi connectivity index (χ4n) is 1.27. The van der Waals surface area contributed by atoms with Gasteiger partial charge in [-0.05, 0) is 39.4 Å². The second kappa shape index (κ2) is 3.18. The second-order valence-corrected chi connectivity index (χ2v) is 2.99. The Labute approximate surface area is 57.0 Å². The zero-order chi connectivity index (χ0) is 6.69. The molecule has 0 amide bonds.